The summed E-state index contributed by atoms with van der Waals surface area (Å²) in [4.78, 5) is 30.8. The van der Waals surface area contributed by atoms with Gasteiger partial charge >= 0.3 is 19.3 Å². The Bertz CT molecular complexity index is 811. The Morgan fingerprint density at radius 1 is 0.935 bits per heavy atom. The van der Waals surface area contributed by atoms with Crippen molar-refractivity contribution in [3.63, 3.8) is 0 Å². The fraction of sp³-hybridized carbons (Fsp3) is 0.682. The minimum Gasteiger partial charge on any atom is -0.443 e. The smallest absolute Gasteiger partial charge is 0.443 e. The monoisotopic (exact) mass is 434 g/mol. The van der Waals surface area contributed by atoms with E-state index in [4.69, 9.17) is 18.8 Å². The van der Waals surface area contributed by atoms with E-state index in [1.54, 1.807) is 53.8 Å². The van der Waals surface area contributed by atoms with Gasteiger partial charge in [-0.25, -0.2) is 14.6 Å². The zero-order chi connectivity index (χ0) is 24.0. The molecule has 1 saturated heterocycles. The first-order valence-corrected chi connectivity index (χ1v) is 10.4. The van der Waals surface area contributed by atoms with E-state index in [1.165, 1.54) is 0 Å². The Morgan fingerprint density at radius 2 is 1.35 bits per heavy atom. The lowest BCUT2D eigenvalue weighted by Crippen LogP contribution is -2.44. The van der Waals surface area contributed by atoms with Gasteiger partial charge in [-0.2, -0.15) is 4.90 Å². The van der Waals surface area contributed by atoms with Gasteiger partial charge in [-0.05, 0) is 87.8 Å². The van der Waals surface area contributed by atoms with Crippen LogP contribution in [-0.2, 0) is 18.8 Å². The number of nitrogens with zero attached hydrogens (tertiary/aromatic N) is 2. The number of anilines is 1. The number of pyridine rings is 1. The van der Waals surface area contributed by atoms with E-state index in [9.17, 15) is 9.59 Å². The first-order chi connectivity index (χ1) is 13.8. The molecule has 0 saturated carbocycles. The number of imide groups is 1. The van der Waals surface area contributed by atoms with Crippen LogP contribution in [0.25, 0.3) is 0 Å². The van der Waals surface area contributed by atoms with Crippen molar-refractivity contribution >= 4 is 30.6 Å². The van der Waals surface area contributed by atoms with Gasteiger partial charge in [0, 0.05) is 11.7 Å². The molecule has 9 heteroatoms. The predicted molar refractivity (Wildman–Crippen MR) is 120 cm³/mol. The number of aryl methyl sites for hydroxylation is 1. The van der Waals surface area contributed by atoms with E-state index in [-0.39, 0.29) is 5.82 Å². The van der Waals surface area contributed by atoms with Gasteiger partial charge in [0.25, 0.3) is 0 Å². The van der Waals surface area contributed by atoms with Gasteiger partial charge in [0.15, 0.2) is 0 Å². The molecule has 2 amide bonds. The maximum Gasteiger partial charge on any atom is 0.496 e. The van der Waals surface area contributed by atoms with Crippen LogP contribution < -0.4 is 10.4 Å². The number of carbonyl (C=O) groups excluding carboxylic acids is 2. The number of hydrogen-bond acceptors (Lipinski definition) is 7. The van der Waals surface area contributed by atoms with E-state index < -0.39 is 41.7 Å². The molecule has 2 rings (SSSR count). The van der Waals surface area contributed by atoms with Gasteiger partial charge in [0.05, 0.1) is 11.2 Å². The lowest BCUT2D eigenvalue weighted by atomic mass is 9.77. The van der Waals surface area contributed by atoms with Crippen molar-refractivity contribution in [1.29, 1.82) is 0 Å². The molecule has 0 N–H and O–H groups in total. The third kappa shape index (κ3) is 5.98. The summed E-state index contributed by atoms with van der Waals surface area (Å²) in [6, 6.07) is 1.62. The third-order valence-corrected chi connectivity index (χ3v) is 5.03. The highest BCUT2D eigenvalue weighted by Crippen LogP contribution is 2.36. The molecule has 0 bridgehead atoms. The van der Waals surface area contributed by atoms with Crippen molar-refractivity contribution in [3.05, 3.63) is 17.8 Å². The van der Waals surface area contributed by atoms with Crippen LogP contribution in [0.5, 0.6) is 0 Å². The highest BCUT2D eigenvalue weighted by atomic mass is 16.7. The highest BCUT2D eigenvalue weighted by Gasteiger charge is 2.52. The van der Waals surface area contributed by atoms with Crippen molar-refractivity contribution < 1.29 is 28.4 Å². The van der Waals surface area contributed by atoms with Crippen molar-refractivity contribution in [1.82, 2.24) is 4.98 Å². The minimum atomic E-state index is -0.864. The summed E-state index contributed by atoms with van der Waals surface area (Å²) in [5.41, 5.74) is -1.12. The van der Waals surface area contributed by atoms with Crippen LogP contribution >= 0.6 is 0 Å². The number of ether oxygens (including phenoxy) is 2. The maximum absolute atomic E-state index is 12.8. The molecule has 8 nitrogen and oxygen atoms in total. The fourth-order valence-corrected chi connectivity index (χ4v) is 2.77. The number of aromatic nitrogens is 1. The molecule has 0 aromatic carbocycles. The number of hydrogen-bond donors (Lipinski definition) is 0. The van der Waals surface area contributed by atoms with Gasteiger partial charge in [-0.15, -0.1) is 0 Å². The van der Waals surface area contributed by atoms with Crippen molar-refractivity contribution in [2.45, 2.75) is 98.6 Å². The Morgan fingerprint density at radius 3 is 1.71 bits per heavy atom. The number of carbonyl (C=O) groups is 2. The molecule has 1 aliphatic heterocycles. The van der Waals surface area contributed by atoms with E-state index >= 15 is 0 Å². The maximum atomic E-state index is 12.8. The fourth-order valence-electron chi connectivity index (χ4n) is 2.77. The molecule has 1 fully saturated rings. The van der Waals surface area contributed by atoms with Crippen LogP contribution in [-0.4, -0.2) is 46.7 Å². The quantitative estimate of drug-likeness (QED) is 0.639. The Labute approximate surface area is 185 Å². The van der Waals surface area contributed by atoms with Crippen molar-refractivity contribution in [2.24, 2.45) is 0 Å². The largest absolute Gasteiger partial charge is 0.496 e. The summed E-state index contributed by atoms with van der Waals surface area (Å²) in [5, 5.41) is 0. The lowest BCUT2D eigenvalue weighted by molar-refractivity contribution is 0.00578. The van der Waals surface area contributed by atoms with Gasteiger partial charge in [-0.3, -0.25) is 0 Å². The molecular formula is C22H35BN2O6. The summed E-state index contributed by atoms with van der Waals surface area (Å²) >= 11 is 0. The summed E-state index contributed by atoms with van der Waals surface area (Å²) in [5.74, 6) is 0.0984. The molecule has 31 heavy (non-hydrogen) atoms. The van der Waals surface area contributed by atoms with Crippen LogP contribution in [0, 0.1) is 6.92 Å². The SMILES string of the molecule is Cc1cc(N(C(=O)OC(C)(C)C)C(=O)OC(C)(C)C)ncc1B1OC(C)(C)C(C)(C)O1. The molecule has 1 aromatic heterocycles. The normalized spacial score (nSPS) is 18.0. The Balaban J connectivity index is 2.40. The Hall–Kier alpha value is -2.13. The van der Waals surface area contributed by atoms with Crippen LogP contribution in [0.15, 0.2) is 12.3 Å². The summed E-state index contributed by atoms with van der Waals surface area (Å²) in [6.45, 7) is 20.0. The Kier molecular flexibility index (Phi) is 6.56. The van der Waals surface area contributed by atoms with E-state index in [0.717, 1.165) is 15.9 Å². The van der Waals surface area contributed by atoms with Crippen molar-refractivity contribution in [3.8, 4) is 0 Å². The predicted octanol–water partition coefficient (Wildman–Crippen LogP) is 4.37. The second-order valence-corrected chi connectivity index (χ2v) is 10.8. The molecule has 0 spiro atoms. The zero-order valence-corrected chi connectivity index (χ0v) is 20.6. The molecule has 0 atom stereocenters. The molecule has 0 unspecified atom stereocenters. The third-order valence-electron chi connectivity index (χ3n) is 5.03. The van der Waals surface area contributed by atoms with Crippen LogP contribution in [0.3, 0.4) is 0 Å². The molecule has 2 heterocycles. The van der Waals surface area contributed by atoms with Crippen molar-refractivity contribution in [2.75, 3.05) is 4.90 Å². The van der Waals surface area contributed by atoms with Crippen LogP contribution in [0.1, 0.15) is 74.8 Å². The van der Waals surface area contributed by atoms with E-state index in [0.29, 0.717) is 0 Å². The summed E-state index contributed by atoms with van der Waals surface area (Å²) in [7, 11) is -0.608. The van der Waals surface area contributed by atoms with Gasteiger partial charge < -0.3 is 18.8 Å². The molecule has 1 aliphatic rings. The zero-order valence-electron chi connectivity index (χ0n) is 20.6. The van der Waals surface area contributed by atoms with Gasteiger partial charge in [0.2, 0.25) is 0 Å². The molecule has 0 aliphatic carbocycles. The summed E-state index contributed by atoms with van der Waals surface area (Å²) in [6.07, 6.45) is -0.178. The van der Waals surface area contributed by atoms with E-state index in [2.05, 4.69) is 4.98 Å². The first kappa shape index (κ1) is 25.1. The topological polar surface area (TPSA) is 87.2 Å². The first-order valence-electron chi connectivity index (χ1n) is 10.4. The minimum absolute atomic E-state index is 0.0984. The highest BCUT2D eigenvalue weighted by molar-refractivity contribution is 6.62. The molecular weight excluding hydrogens is 399 g/mol. The lowest BCUT2D eigenvalue weighted by Gasteiger charge is -2.32. The standard InChI is InChI=1S/C22H35BN2O6/c1-14-12-16(24-13-15(14)23-30-21(8,9)22(10,11)31-23)25(17(26)28-19(2,3)4)18(27)29-20(5,6)7/h12-13H,1-11H3. The molecule has 0 radical (unpaired) electrons. The average molecular weight is 434 g/mol. The van der Waals surface area contributed by atoms with Gasteiger partial charge in [-0.1, -0.05) is 0 Å². The number of rotatable bonds is 2. The second-order valence-electron chi connectivity index (χ2n) is 10.8. The average Bonchev–Trinajstić information content (AvgIpc) is 2.71. The van der Waals surface area contributed by atoms with Gasteiger partial charge in [0.1, 0.15) is 17.0 Å². The molecule has 1 aromatic rings. The van der Waals surface area contributed by atoms with Crippen LogP contribution in [0.2, 0.25) is 0 Å². The second kappa shape index (κ2) is 8.09. The van der Waals surface area contributed by atoms with Crippen LogP contribution in [0.4, 0.5) is 15.4 Å². The molecule has 172 valence electrons. The number of amides is 2. The van der Waals surface area contributed by atoms with E-state index in [1.807, 2.05) is 34.6 Å². The summed E-state index contributed by atoms with van der Waals surface area (Å²) < 4.78 is 23.0.